The summed E-state index contributed by atoms with van der Waals surface area (Å²) in [7, 11) is 0. The second kappa shape index (κ2) is 6.41. The molecule has 19 heavy (non-hydrogen) atoms. The van der Waals surface area contributed by atoms with Gasteiger partial charge in [-0.25, -0.2) is 0 Å². The Balaban J connectivity index is 2.99. The summed E-state index contributed by atoms with van der Waals surface area (Å²) < 4.78 is 0. The van der Waals surface area contributed by atoms with Gasteiger partial charge in [0.25, 0.3) is 0 Å². The summed E-state index contributed by atoms with van der Waals surface area (Å²) in [4.78, 5) is 10.9. The molecule has 0 spiro atoms. The highest BCUT2D eigenvalue weighted by atomic mass is 16.6. The van der Waals surface area contributed by atoms with E-state index in [0.29, 0.717) is 17.9 Å². The second-order valence-electron chi connectivity index (χ2n) is 5.80. The molecule has 2 N–H and O–H groups in total. The van der Waals surface area contributed by atoms with E-state index in [1.807, 2.05) is 13.0 Å². The fourth-order valence-electron chi connectivity index (χ4n) is 1.65. The van der Waals surface area contributed by atoms with Crippen LogP contribution in [-0.4, -0.2) is 18.0 Å². The SMILES string of the molecule is CCCNc1cccc(NCC(C)(C)C)c1[N+](=O)[O-]. The average molecular weight is 265 g/mol. The van der Waals surface area contributed by atoms with Crippen LogP contribution in [0.25, 0.3) is 0 Å². The molecule has 0 unspecified atom stereocenters. The second-order valence-corrected chi connectivity index (χ2v) is 5.80. The molecular weight excluding hydrogens is 242 g/mol. The molecule has 0 aliphatic rings. The number of para-hydroxylation sites is 1. The third-order valence-corrected chi connectivity index (χ3v) is 2.59. The van der Waals surface area contributed by atoms with E-state index in [1.54, 1.807) is 12.1 Å². The highest BCUT2D eigenvalue weighted by molar-refractivity contribution is 5.76. The molecule has 0 atom stereocenters. The molecule has 0 saturated heterocycles. The number of nitro groups is 1. The molecule has 5 heteroatoms. The lowest BCUT2D eigenvalue weighted by Gasteiger charge is -2.20. The van der Waals surface area contributed by atoms with Crippen molar-refractivity contribution in [2.75, 3.05) is 23.7 Å². The van der Waals surface area contributed by atoms with Crippen LogP contribution in [0.15, 0.2) is 18.2 Å². The van der Waals surface area contributed by atoms with Crippen molar-refractivity contribution < 1.29 is 4.92 Å². The summed E-state index contributed by atoms with van der Waals surface area (Å²) in [6, 6.07) is 5.33. The first-order valence-corrected chi connectivity index (χ1v) is 6.60. The minimum atomic E-state index is -0.330. The summed E-state index contributed by atoms with van der Waals surface area (Å²) in [5.74, 6) is 0. The average Bonchev–Trinajstić information content (AvgIpc) is 2.32. The van der Waals surface area contributed by atoms with Gasteiger partial charge in [0.05, 0.1) is 4.92 Å². The van der Waals surface area contributed by atoms with Crippen molar-refractivity contribution in [3.8, 4) is 0 Å². The van der Waals surface area contributed by atoms with Crippen molar-refractivity contribution in [1.29, 1.82) is 0 Å². The zero-order chi connectivity index (χ0) is 14.5. The van der Waals surface area contributed by atoms with Crippen LogP contribution in [0.1, 0.15) is 34.1 Å². The Morgan fingerprint density at radius 1 is 1.21 bits per heavy atom. The molecule has 1 aromatic carbocycles. The number of hydrogen-bond acceptors (Lipinski definition) is 4. The van der Waals surface area contributed by atoms with Crippen LogP contribution in [0, 0.1) is 15.5 Å². The number of hydrogen-bond donors (Lipinski definition) is 2. The van der Waals surface area contributed by atoms with Gasteiger partial charge >= 0.3 is 5.69 Å². The van der Waals surface area contributed by atoms with E-state index in [2.05, 4.69) is 31.4 Å². The maximum atomic E-state index is 11.3. The van der Waals surface area contributed by atoms with Crippen molar-refractivity contribution in [1.82, 2.24) is 0 Å². The number of nitrogens with one attached hydrogen (secondary N) is 2. The molecule has 106 valence electrons. The quantitative estimate of drug-likeness (QED) is 0.605. The van der Waals surface area contributed by atoms with Crippen molar-refractivity contribution in [2.24, 2.45) is 5.41 Å². The molecule has 1 rings (SSSR count). The van der Waals surface area contributed by atoms with Gasteiger partial charge in [-0.2, -0.15) is 0 Å². The van der Waals surface area contributed by atoms with Gasteiger partial charge in [0, 0.05) is 13.1 Å². The molecule has 0 aromatic heterocycles. The van der Waals surface area contributed by atoms with Crippen LogP contribution in [-0.2, 0) is 0 Å². The van der Waals surface area contributed by atoms with Gasteiger partial charge in [-0.3, -0.25) is 10.1 Å². The standard InChI is InChI=1S/C14H23N3O2/c1-5-9-15-11-7-6-8-12(13(11)17(18)19)16-10-14(2,3)4/h6-8,15-16H,5,9-10H2,1-4H3. The topological polar surface area (TPSA) is 67.2 Å². The Kier molecular flexibility index (Phi) is 5.15. The van der Waals surface area contributed by atoms with Gasteiger partial charge in [0.15, 0.2) is 0 Å². The van der Waals surface area contributed by atoms with Crippen molar-refractivity contribution >= 4 is 17.1 Å². The Hall–Kier alpha value is -1.78. The van der Waals surface area contributed by atoms with E-state index in [4.69, 9.17) is 0 Å². The van der Waals surface area contributed by atoms with Crippen LogP contribution < -0.4 is 10.6 Å². The van der Waals surface area contributed by atoms with Gasteiger partial charge in [-0.1, -0.05) is 33.8 Å². The maximum Gasteiger partial charge on any atom is 0.315 e. The molecule has 0 aliphatic carbocycles. The summed E-state index contributed by atoms with van der Waals surface area (Å²) >= 11 is 0. The Bertz CT molecular complexity index is 439. The van der Waals surface area contributed by atoms with Gasteiger partial charge in [-0.05, 0) is 24.0 Å². The number of benzene rings is 1. The number of rotatable bonds is 6. The molecule has 5 nitrogen and oxygen atoms in total. The van der Waals surface area contributed by atoms with Crippen LogP contribution in [0.4, 0.5) is 17.1 Å². The molecular formula is C14H23N3O2. The van der Waals surface area contributed by atoms with Crippen molar-refractivity contribution in [3.63, 3.8) is 0 Å². The summed E-state index contributed by atoms with van der Waals surface area (Å²) in [6.45, 7) is 9.70. The van der Waals surface area contributed by atoms with Crippen LogP contribution in [0.3, 0.4) is 0 Å². The number of nitro benzene ring substituents is 1. The molecule has 0 fully saturated rings. The Morgan fingerprint density at radius 3 is 2.26 bits per heavy atom. The third kappa shape index (κ3) is 4.77. The monoisotopic (exact) mass is 265 g/mol. The summed E-state index contributed by atoms with van der Waals surface area (Å²) in [5, 5.41) is 17.5. The third-order valence-electron chi connectivity index (χ3n) is 2.59. The van der Waals surface area contributed by atoms with E-state index >= 15 is 0 Å². The molecule has 0 bridgehead atoms. The predicted molar refractivity (Wildman–Crippen MR) is 79.8 cm³/mol. The number of nitrogens with zero attached hydrogens (tertiary/aromatic N) is 1. The zero-order valence-electron chi connectivity index (χ0n) is 12.1. The first-order chi connectivity index (χ1) is 8.85. The van der Waals surface area contributed by atoms with E-state index < -0.39 is 0 Å². The zero-order valence-corrected chi connectivity index (χ0v) is 12.1. The molecule has 0 radical (unpaired) electrons. The van der Waals surface area contributed by atoms with E-state index in [-0.39, 0.29) is 16.0 Å². The van der Waals surface area contributed by atoms with Gasteiger partial charge in [0.2, 0.25) is 0 Å². The van der Waals surface area contributed by atoms with Crippen LogP contribution in [0.5, 0.6) is 0 Å². The van der Waals surface area contributed by atoms with Crippen molar-refractivity contribution in [2.45, 2.75) is 34.1 Å². The van der Waals surface area contributed by atoms with E-state index in [9.17, 15) is 10.1 Å². The van der Waals surface area contributed by atoms with E-state index in [1.165, 1.54) is 0 Å². The Labute approximate surface area is 114 Å². The minimum absolute atomic E-state index is 0.0702. The molecule has 1 aromatic rings. The van der Waals surface area contributed by atoms with Gasteiger partial charge < -0.3 is 10.6 Å². The minimum Gasteiger partial charge on any atom is -0.379 e. The largest absolute Gasteiger partial charge is 0.379 e. The highest BCUT2D eigenvalue weighted by Crippen LogP contribution is 2.33. The van der Waals surface area contributed by atoms with E-state index in [0.717, 1.165) is 13.0 Å². The Morgan fingerprint density at radius 2 is 1.79 bits per heavy atom. The lowest BCUT2D eigenvalue weighted by atomic mass is 9.97. The maximum absolute atomic E-state index is 11.3. The van der Waals surface area contributed by atoms with Crippen LogP contribution >= 0.6 is 0 Å². The molecule has 0 heterocycles. The molecule has 0 amide bonds. The lowest BCUT2D eigenvalue weighted by molar-refractivity contribution is -0.383. The smallest absolute Gasteiger partial charge is 0.315 e. The summed E-state index contributed by atoms with van der Waals surface area (Å²) in [6.07, 6.45) is 0.927. The first-order valence-electron chi connectivity index (χ1n) is 6.60. The van der Waals surface area contributed by atoms with Crippen molar-refractivity contribution in [3.05, 3.63) is 28.3 Å². The fraction of sp³-hybridized carbons (Fsp3) is 0.571. The molecule has 0 saturated carbocycles. The summed E-state index contributed by atoms with van der Waals surface area (Å²) in [5.41, 5.74) is 1.34. The lowest BCUT2D eigenvalue weighted by Crippen LogP contribution is -2.19. The predicted octanol–water partition coefficient (Wildman–Crippen LogP) is 3.87. The first kappa shape index (κ1) is 15.3. The molecule has 0 aliphatic heterocycles. The van der Waals surface area contributed by atoms with Crippen LogP contribution in [0.2, 0.25) is 0 Å². The van der Waals surface area contributed by atoms with Gasteiger partial charge in [0.1, 0.15) is 11.4 Å². The highest BCUT2D eigenvalue weighted by Gasteiger charge is 2.20. The normalized spacial score (nSPS) is 11.2. The van der Waals surface area contributed by atoms with Gasteiger partial charge in [-0.15, -0.1) is 0 Å². The number of anilines is 2. The fourth-order valence-corrected chi connectivity index (χ4v) is 1.65.